The van der Waals surface area contributed by atoms with E-state index in [1.165, 1.54) is 0 Å². The van der Waals surface area contributed by atoms with Gasteiger partial charge in [0.2, 0.25) is 0 Å². The number of hydrogen-bond acceptors (Lipinski definition) is 0. The number of quaternary nitrogens is 1. The first-order valence-electron chi connectivity index (χ1n) is 3.33. The van der Waals surface area contributed by atoms with E-state index in [0.29, 0.717) is 0 Å². The molecule has 1 nitrogen and oxygen atoms in total. The first-order chi connectivity index (χ1) is 3.25. The minimum absolute atomic E-state index is 0.208. The first-order valence-corrected chi connectivity index (χ1v) is 3.33. The van der Waals surface area contributed by atoms with Gasteiger partial charge in [-0.1, -0.05) is 0 Å². The van der Waals surface area contributed by atoms with Crippen LogP contribution in [0.3, 0.4) is 0 Å². The highest BCUT2D eigenvalue weighted by atomic mass is 15.2. The van der Waals surface area contributed by atoms with Crippen LogP contribution in [0.15, 0.2) is 0 Å². The van der Waals surface area contributed by atoms with Crippen molar-refractivity contribution in [2.24, 2.45) is 0 Å². The van der Waals surface area contributed by atoms with Gasteiger partial charge in [-0.15, -0.1) is 20.5 Å². The smallest absolute Gasteiger partial charge is 0.200 e. The van der Waals surface area contributed by atoms with E-state index in [1.54, 1.807) is 0 Å². The van der Waals surface area contributed by atoms with Crippen LogP contribution < -0.4 is 0 Å². The molecule has 0 amide bonds. The molecule has 50 valence electrons. The van der Waals surface area contributed by atoms with Crippen molar-refractivity contribution in [3.63, 3.8) is 0 Å². The Balaban J connectivity index is 4.02. The first kappa shape index (κ1) is 8.02. The number of hydrogen-bond donors (Lipinski definition) is 0. The third-order valence-corrected chi connectivity index (χ3v) is 2.32. The van der Waals surface area contributed by atoms with Crippen molar-refractivity contribution in [1.29, 1.82) is 0 Å². The lowest BCUT2D eigenvalue weighted by molar-refractivity contribution is -0.768. The summed E-state index contributed by atoms with van der Waals surface area (Å²) in [4.78, 5) is 0. The topological polar surface area (TPSA) is 0 Å². The molecule has 0 aromatic rings. The summed E-state index contributed by atoms with van der Waals surface area (Å²) in [6.07, 6.45) is -0.208. The van der Waals surface area contributed by atoms with Crippen LogP contribution in [-0.4, -0.2) is 31.8 Å². The molecule has 0 fully saturated rings. The molecule has 0 aliphatic heterocycles. The second-order valence-corrected chi connectivity index (χ2v) is 4.62. The van der Waals surface area contributed by atoms with Gasteiger partial charge >= 0.3 is 0 Å². The summed E-state index contributed by atoms with van der Waals surface area (Å²) in [5, 5.41) is 0. The fraction of sp³-hybridized carbons (Fsp3) is 1.00. The van der Waals surface area contributed by atoms with Crippen LogP contribution in [0.25, 0.3) is 0 Å². The predicted octanol–water partition coefficient (Wildman–Crippen LogP) is 1.53. The maximum atomic E-state index is 2.31. The third-order valence-electron chi connectivity index (χ3n) is 2.32. The monoisotopic (exact) mass is 115 g/mol. The molecule has 0 radical (unpaired) electrons. The molecule has 0 heterocycles. The van der Waals surface area contributed by atoms with E-state index in [0.717, 1.165) is 4.39 Å². The molecule has 0 unspecified atom stereocenters. The Labute approximate surface area is 53.2 Å². The lowest BCUT2D eigenvalue weighted by Gasteiger charge is -2.46. The van der Waals surface area contributed by atoms with Crippen LogP contribution in [0, 0.1) is 0 Å². The maximum absolute atomic E-state index is 2.31. The SMILES string of the molecule is C[B-](C)(C)[N+](C)(C)C. The molecular weight excluding hydrogens is 96.9 g/mol. The van der Waals surface area contributed by atoms with Crippen LogP contribution in [0.1, 0.15) is 0 Å². The maximum Gasteiger partial charge on any atom is 0.200 e. The minimum Gasteiger partial charge on any atom is -0.523 e. The molecule has 0 aromatic carbocycles. The van der Waals surface area contributed by atoms with Crippen LogP contribution in [0.5, 0.6) is 0 Å². The molecule has 0 saturated carbocycles. The Kier molecular flexibility index (Phi) is 1.77. The van der Waals surface area contributed by atoms with Crippen molar-refractivity contribution in [3.05, 3.63) is 0 Å². The summed E-state index contributed by atoms with van der Waals surface area (Å²) >= 11 is 0. The van der Waals surface area contributed by atoms with Crippen LogP contribution in [0.2, 0.25) is 20.5 Å². The Morgan fingerprint density at radius 1 is 0.875 bits per heavy atom. The highest BCUT2D eigenvalue weighted by Gasteiger charge is 2.22. The van der Waals surface area contributed by atoms with E-state index < -0.39 is 0 Å². The molecular formula is C6H18BN. The minimum atomic E-state index is -0.208. The zero-order chi connectivity index (χ0) is 7.00. The van der Waals surface area contributed by atoms with Gasteiger partial charge < -0.3 is 4.39 Å². The van der Waals surface area contributed by atoms with E-state index in [-0.39, 0.29) is 6.28 Å². The molecule has 0 rings (SSSR count). The molecule has 0 N–H and O–H groups in total. The normalized spacial score (nSPS) is 14.2. The van der Waals surface area contributed by atoms with Gasteiger partial charge in [0.05, 0.1) is 0 Å². The van der Waals surface area contributed by atoms with Crippen molar-refractivity contribution in [2.75, 3.05) is 21.1 Å². The van der Waals surface area contributed by atoms with Crippen molar-refractivity contribution in [2.45, 2.75) is 20.5 Å². The number of rotatable bonds is 1. The molecule has 8 heavy (non-hydrogen) atoms. The molecule has 0 saturated heterocycles. The highest BCUT2D eigenvalue weighted by molar-refractivity contribution is 6.68. The standard InChI is InChI=1S/C6H18BN/c1-7(2,3)8(4,5)6/h1-6H3. The van der Waals surface area contributed by atoms with E-state index in [1.807, 2.05) is 0 Å². The largest absolute Gasteiger partial charge is 0.523 e. The third kappa shape index (κ3) is 1.87. The van der Waals surface area contributed by atoms with E-state index in [4.69, 9.17) is 0 Å². The fourth-order valence-corrected chi connectivity index (χ4v) is 0. The van der Waals surface area contributed by atoms with Crippen molar-refractivity contribution >= 4 is 6.28 Å². The van der Waals surface area contributed by atoms with Crippen molar-refractivity contribution in [1.82, 2.24) is 0 Å². The Hall–Kier alpha value is 0.0249. The summed E-state index contributed by atoms with van der Waals surface area (Å²) in [5.74, 6) is 0. The van der Waals surface area contributed by atoms with E-state index >= 15 is 0 Å². The molecule has 0 aliphatic carbocycles. The van der Waals surface area contributed by atoms with E-state index in [9.17, 15) is 0 Å². The van der Waals surface area contributed by atoms with Gasteiger partial charge in [-0.05, 0) is 0 Å². The lowest BCUT2D eigenvalue weighted by Crippen LogP contribution is -2.55. The van der Waals surface area contributed by atoms with Crippen molar-refractivity contribution < 1.29 is 4.39 Å². The molecule has 0 atom stereocenters. The Morgan fingerprint density at radius 3 is 1.00 bits per heavy atom. The molecule has 0 spiro atoms. The second kappa shape index (κ2) is 1.76. The predicted molar refractivity (Wildman–Crippen MR) is 41.4 cm³/mol. The van der Waals surface area contributed by atoms with Crippen LogP contribution in [-0.2, 0) is 0 Å². The van der Waals surface area contributed by atoms with Gasteiger partial charge in [-0.2, -0.15) is 0 Å². The number of nitrogens with zero attached hydrogens (tertiary/aromatic N) is 1. The molecule has 0 bridgehead atoms. The average molecular weight is 115 g/mol. The quantitative estimate of drug-likeness (QED) is 0.454. The summed E-state index contributed by atoms with van der Waals surface area (Å²) < 4.78 is 1.08. The summed E-state index contributed by atoms with van der Waals surface area (Å²) in [6.45, 7) is 6.92. The molecule has 0 aliphatic rings. The molecule has 0 aromatic heterocycles. The second-order valence-electron chi connectivity index (χ2n) is 4.62. The summed E-state index contributed by atoms with van der Waals surface area (Å²) in [5.41, 5.74) is 0. The fourth-order valence-electron chi connectivity index (χ4n) is 0. The molecule has 2 heteroatoms. The Bertz CT molecular complexity index is 63.5. The van der Waals surface area contributed by atoms with Crippen LogP contribution >= 0.6 is 0 Å². The van der Waals surface area contributed by atoms with Gasteiger partial charge in [0.25, 0.3) is 0 Å². The zero-order valence-corrected chi connectivity index (χ0v) is 7.02. The van der Waals surface area contributed by atoms with Gasteiger partial charge in [0, 0.05) is 21.1 Å². The van der Waals surface area contributed by atoms with Crippen LogP contribution in [0.4, 0.5) is 0 Å². The van der Waals surface area contributed by atoms with Gasteiger partial charge in [-0.3, -0.25) is 0 Å². The van der Waals surface area contributed by atoms with E-state index in [2.05, 4.69) is 41.6 Å². The van der Waals surface area contributed by atoms with Gasteiger partial charge in [-0.25, -0.2) is 0 Å². The van der Waals surface area contributed by atoms with Crippen molar-refractivity contribution in [3.8, 4) is 0 Å². The summed E-state index contributed by atoms with van der Waals surface area (Å²) in [6, 6.07) is 0. The lowest BCUT2D eigenvalue weighted by atomic mass is 9.38. The average Bonchev–Trinajstić information content (AvgIpc) is 1.25. The Morgan fingerprint density at radius 2 is 1.00 bits per heavy atom. The zero-order valence-electron chi connectivity index (χ0n) is 7.02. The summed E-state index contributed by atoms with van der Waals surface area (Å²) in [7, 11) is 6.71. The van der Waals surface area contributed by atoms with Gasteiger partial charge in [0.15, 0.2) is 6.28 Å². The highest BCUT2D eigenvalue weighted by Crippen LogP contribution is 2.10. The van der Waals surface area contributed by atoms with Gasteiger partial charge in [0.1, 0.15) is 0 Å².